The molecule has 1 aliphatic carbocycles. The summed E-state index contributed by atoms with van der Waals surface area (Å²) in [6.45, 7) is 3.58. The Morgan fingerprint density at radius 2 is 1.89 bits per heavy atom. The van der Waals surface area contributed by atoms with Crippen LogP contribution in [-0.2, 0) is 16.6 Å². The standard InChI is InChI=1S/C26H26N2O6S/c1-17-6-4-5-7-25(17)35(30,31)28-26(29)24-14-20(18(2)34-24)16-33-21-10-8-19(9-11-21)23-13-12-22(32-3)15-27-23/h4-6,8-15,25H,7,16H2,1-3H3,(H,28,29). The summed E-state index contributed by atoms with van der Waals surface area (Å²) in [5, 5.41) is -0.786. The van der Waals surface area contributed by atoms with Gasteiger partial charge in [-0.25, -0.2) is 13.1 Å². The predicted octanol–water partition coefficient (Wildman–Crippen LogP) is 4.57. The first-order valence-corrected chi connectivity index (χ1v) is 12.5. The van der Waals surface area contributed by atoms with Gasteiger partial charge >= 0.3 is 0 Å². The molecular formula is C26H26N2O6S. The molecule has 1 N–H and O–H groups in total. The number of sulfonamides is 1. The van der Waals surface area contributed by atoms with Crippen molar-refractivity contribution < 1.29 is 27.1 Å². The lowest BCUT2D eigenvalue weighted by molar-refractivity contribution is 0.0953. The number of nitrogens with zero attached hydrogens (tertiary/aromatic N) is 1. The molecule has 0 bridgehead atoms. The van der Waals surface area contributed by atoms with Gasteiger partial charge in [0.2, 0.25) is 10.0 Å². The summed E-state index contributed by atoms with van der Waals surface area (Å²) in [6.07, 6.45) is 7.26. The van der Waals surface area contributed by atoms with E-state index >= 15 is 0 Å². The van der Waals surface area contributed by atoms with Crippen LogP contribution in [0.5, 0.6) is 11.5 Å². The number of allylic oxidation sites excluding steroid dienone is 3. The number of aryl methyl sites for hydroxylation is 1. The molecule has 2 heterocycles. The lowest BCUT2D eigenvalue weighted by atomic mass is 10.1. The highest BCUT2D eigenvalue weighted by Gasteiger charge is 2.30. The average molecular weight is 495 g/mol. The highest BCUT2D eigenvalue weighted by Crippen LogP contribution is 2.24. The van der Waals surface area contributed by atoms with Gasteiger partial charge in [0.25, 0.3) is 5.91 Å². The molecule has 0 radical (unpaired) electrons. The second kappa shape index (κ2) is 10.2. The van der Waals surface area contributed by atoms with Crippen molar-refractivity contribution in [3.05, 3.63) is 89.5 Å². The lowest BCUT2D eigenvalue weighted by Crippen LogP contribution is -2.39. The molecule has 8 nitrogen and oxygen atoms in total. The molecule has 0 fully saturated rings. The number of amides is 1. The van der Waals surface area contributed by atoms with Gasteiger partial charge in [0.05, 0.1) is 19.0 Å². The van der Waals surface area contributed by atoms with E-state index in [9.17, 15) is 13.2 Å². The number of pyridine rings is 1. The van der Waals surface area contributed by atoms with E-state index in [0.717, 1.165) is 11.3 Å². The van der Waals surface area contributed by atoms with Crippen molar-refractivity contribution >= 4 is 15.9 Å². The van der Waals surface area contributed by atoms with E-state index in [1.54, 1.807) is 45.4 Å². The number of hydrogen-bond acceptors (Lipinski definition) is 7. The summed E-state index contributed by atoms with van der Waals surface area (Å²) >= 11 is 0. The first kappa shape index (κ1) is 24.3. The largest absolute Gasteiger partial charge is 0.495 e. The quantitative estimate of drug-likeness (QED) is 0.489. The number of rotatable bonds is 8. The van der Waals surface area contributed by atoms with Crippen molar-refractivity contribution in [2.75, 3.05) is 7.11 Å². The Bertz CT molecular complexity index is 1370. The van der Waals surface area contributed by atoms with Crippen molar-refractivity contribution in [3.8, 4) is 22.8 Å². The van der Waals surface area contributed by atoms with Crippen molar-refractivity contribution in [2.45, 2.75) is 32.1 Å². The SMILES string of the molecule is COc1ccc(-c2ccc(OCc3cc(C(=O)NS(=O)(=O)C4CC=CC=C4C)oc3C)cc2)nc1. The maximum absolute atomic E-state index is 12.7. The summed E-state index contributed by atoms with van der Waals surface area (Å²) in [4.78, 5) is 17.0. The van der Waals surface area contributed by atoms with Crippen molar-refractivity contribution in [1.82, 2.24) is 9.71 Å². The Morgan fingerprint density at radius 3 is 2.54 bits per heavy atom. The van der Waals surface area contributed by atoms with Crippen molar-refractivity contribution in [2.24, 2.45) is 0 Å². The molecule has 4 rings (SSSR count). The molecule has 1 unspecified atom stereocenters. The van der Waals surface area contributed by atoms with Crippen LogP contribution in [0.4, 0.5) is 0 Å². The first-order valence-electron chi connectivity index (χ1n) is 11.0. The Kier molecular flexibility index (Phi) is 7.07. The summed E-state index contributed by atoms with van der Waals surface area (Å²) in [5.41, 5.74) is 3.05. The zero-order chi connectivity index (χ0) is 25.0. The molecule has 0 saturated carbocycles. The number of nitrogens with one attached hydrogen (secondary N) is 1. The number of benzene rings is 1. The van der Waals surface area contributed by atoms with E-state index < -0.39 is 21.2 Å². The fourth-order valence-electron chi connectivity index (χ4n) is 3.67. The van der Waals surface area contributed by atoms with E-state index in [1.165, 1.54) is 6.07 Å². The first-order chi connectivity index (χ1) is 16.8. The van der Waals surface area contributed by atoms with Crippen molar-refractivity contribution in [1.29, 1.82) is 0 Å². The third kappa shape index (κ3) is 5.63. The van der Waals surface area contributed by atoms with Gasteiger partial charge in [0.15, 0.2) is 5.76 Å². The smallest absolute Gasteiger partial charge is 0.300 e. The summed E-state index contributed by atoms with van der Waals surface area (Å²) in [6, 6.07) is 12.7. The van der Waals surface area contributed by atoms with Crippen LogP contribution in [0, 0.1) is 6.92 Å². The fraction of sp³-hybridized carbons (Fsp3) is 0.231. The summed E-state index contributed by atoms with van der Waals surface area (Å²) in [7, 11) is -2.30. The number of carbonyl (C=O) groups excluding carboxylic acids is 1. The number of carbonyl (C=O) groups is 1. The van der Waals surface area contributed by atoms with E-state index in [2.05, 4.69) is 9.71 Å². The monoisotopic (exact) mass is 494 g/mol. The topological polar surface area (TPSA) is 108 Å². The minimum atomic E-state index is -3.89. The molecule has 35 heavy (non-hydrogen) atoms. The van der Waals surface area contributed by atoms with Crippen molar-refractivity contribution in [3.63, 3.8) is 0 Å². The Morgan fingerprint density at radius 1 is 1.14 bits per heavy atom. The maximum atomic E-state index is 12.7. The molecule has 2 aromatic heterocycles. The minimum absolute atomic E-state index is 0.0846. The molecular weight excluding hydrogens is 468 g/mol. The van der Waals surface area contributed by atoms with Crippen LogP contribution in [0.3, 0.4) is 0 Å². The number of ether oxygens (including phenoxy) is 2. The van der Waals surface area contributed by atoms with Crippen LogP contribution in [0.25, 0.3) is 11.3 Å². The number of methoxy groups -OCH3 is 1. The fourth-order valence-corrected chi connectivity index (χ4v) is 5.10. The van der Waals surface area contributed by atoms with Crippen LogP contribution in [0.1, 0.15) is 35.2 Å². The highest BCUT2D eigenvalue weighted by atomic mass is 32.2. The zero-order valence-corrected chi connectivity index (χ0v) is 20.5. The molecule has 182 valence electrons. The molecule has 0 aliphatic heterocycles. The predicted molar refractivity (Wildman–Crippen MR) is 132 cm³/mol. The molecule has 1 aliphatic rings. The summed E-state index contributed by atoms with van der Waals surface area (Å²) in [5.74, 6) is 0.900. The molecule has 1 aromatic carbocycles. The van der Waals surface area contributed by atoms with Gasteiger partial charge in [-0.2, -0.15) is 0 Å². The molecule has 0 saturated heterocycles. The van der Waals surface area contributed by atoms with Crippen LogP contribution >= 0.6 is 0 Å². The molecule has 3 aromatic rings. The van der Waals surface area contributed by atoms with E-state index in [4.69, 9.17) is 13.9 Å². The van der Waals surface area contributed by atoms with Crippen LogP contribution in [-0.4, -0.2) is 31.7 Å². The minimum Gasteiger partial charge on any atom is -0.495 e. The number of hydrogen-bond donors (Lipinski definition) is 1. The third-order valence-corrected chi connectivity index (χ3v) is 7.51. The average Bonchev–Trinajstić information content (AvgIpc) is 3.23. The van der Waals surface area contributed by atoms with Crippen LogP contribution in [0.2, 0.25) is 0 Å². The highest BCUT2D eigenvalue weighted by molar-refractivity contribution is 7.90. The van der Waals surface area contributed by atoms with Gasteiger partial charge in [0.1, 0.15) is 29.1 Å². The molecule has 0 spiro atoms. The van der Waals surface area contributed by atoms with Crippen LogP contribution in [0.15, 0.2) is 76.9 Å². The van der Waals surface area contributed by atoms with E-state index in [-0.39, 0.29) is 12.4 Å². The number of furan rings is 1. The Balaban J connectivity index is 1.38. The van der Waals surface area contributed by atoms with E-state index in [1.807, 2.05) is 36.4 Å². The van der Waals surface area contributed by atoms with Gasteiger partial charge in [-0.3, -0.25) is 9.78 Å². The second-order valence-corrected chi connectivity index (χ2v) is 9.99. The Hall–Kier alpha value is -3.85. The molecule has 9 heteroatoms. The van der Waals surface area contributed by atoms with Gasteiger partial charge in [-0.05, 0) is 62.7 Å². The van der Waals surface area contributed by atoms with Gasteiger partial charge in [-0.1, -0.05) is 23.8 Å². The normalized spacial score (nSPS) is 15.4. The lowest BCUT2D eigenvalue weighted by Gasteiger charge is -2.19. The second-order valence-electron chi connectivity index (χ2n) is 8.13. The number of aromatic nitrogens is 1. The molecule has 1 atom stereocenters. The van der Waals surface area contributed by atoms with Gasteiger partial charge in [-0.15, -0.1) is 0 Å². The van der Waals surface area contributed by atoms with E-state index in [0.29, 0.717) is 34.8 Å². The zero-order valence-electron chi connectivity index (χ0n) is 19.6. The molecule has 1 amide bonds. The van der Waals surface area contributed by atoms with Gasteiger partial charge < -0.3 is 13.9 Å². The van der Waals surface area contributed by atoms with Gasteiger partial charge in [0, 0.05) is 11.1 Å². The third-order valence-electron chi connectivity index (χ3n) is 5.72. The summed E-state index contributed by atoms with van der Waals surface area (Å²) < 4.78 is 43.9. The maximum Gasteiger partial charge on any atom is 0.300 e. The Labute approximate surface area is 204 Å². The van der Waals surface area contributed by atoms with Crippen LogP contribution < -0.4 is 14.2 Å².